The molecule has 0 aromatic heterocycles. The van der Waals surface area contributed by atoms with Crippen LogP contribution < -0.4 is 0 Å². The zero-order valence-electron chi connectivity index (χ0n) is 8.69. The van der Waals surface area contributed by atoms with Crippen molar-refractivity contribution in [3.63, 3.8) is 0 Å². The van der Waals surface area contributed by atoms with Crippen LogP contribution >= 0.6 is 11.6 Å². The molecule has 0 heterocycles. The molecule has 0 saturated carbocycles. The maximum Gasteiger partial charge on any atom is 0.224 e. The number of rotatable bonds is 5. The van der Waals surface area contributed by atoms with E-state index in [9.17, 15) is 4.79 Å². The molecule has 74 valence electrons. The monoisotopic (exact) mass is 192 g/mol. The van der Waals surface area contributed by atoms with Gasteiger partial charge < -0.3 is 0 Å². The highest BCUT2D eigenvalue weighted by atomic mass is 35.5. The highest BCUT2D eigenvalue weighted by Gasteiger charge is 2.11. The Hall–Kier alpha value is -0.0400. The van der Waals surface area contributed by atoms with E-state index in [2.05, 4.69) is 6.92 Å². The van der Waals surface area contributed by atoms with E-state index in [1.807, 2.05) is 20.8 Å². The van der Waals surface area contributed by atoms with E-state index in [4.69, 9.17) is 11.6 Å². The van der Waals surface area contributed by atoms with Crippen molar-refractivity contribution >= 4 is 16.8 Å². The third kappa shape index (κ3) is 8.06. The summed E-state index contributed by atoms with van der Waals surface area (Å²) in [6.45, 7) is 8.12. The average molecular weight is 193 g/mol. The molecule has 0 rings (SSSR count). The van der Waals surface area contributed by atoms with E-state index < -0.39 is 0 Å². The Bertz CT molecular complexity index is 102. The van der Waals surface area contributed by atoms with Gasteiger partial charge in [0.05, 0.1) is 0 Å². The standard InChI is InChI=1S/C8H15ClO.C2H6/c1-3-5-6-7(4-2)8(9)10;1-2/h7H,3-6H2,1-2H3;1-2H3. The second-order valence-electron chi connectivity index (χ2n) is 2.55. The van der Waals surface area contributed by atoms with Gasteiger partial charge in [-0.2, -0.15) is 0 Å². The molecule has 0 fully saturated rings. The highest BCUT2D eigenvalue weighted by Crippen LogP contribution is 2.14. The first-order valence-corrected chi connectivity index (χ1v) is 5.29. The van der Waals surface area contributed by atoms with Crippen molar-refractivity contribution in [3.05, 3.63) is 0 Å². The van der Waals surface area contributed by atoms with Gasteiger partial charge >= 0.3 is 0 Å². The van der Waals surface area contributed by atoms with Crippen LogP contribution in [-0.2, 0) is 4.79 Å². The lowest BCUT2D eigenvalue weighted by molar-refractivity contribution is -0.115. The largest absolute Gasteiger partial charge is 0.281 e. The van der Waals surface area contributed by atoms with Crippen LogP contribution in [0, 0.1) is 5.92 Å². The van der Waals surface area contributed by atoms with Crippen LogP contribution in [0.15, 0.2) is 0 Å². The van der Waals surface area contributed by atoms with Crippen LogP contribution in [0.4, 0.5) is 0 Å². The van der Waals surface area contributed by atoms with E-state index in [1.165, 1.54) is 0 Å². The highest BCUT2D eigenvalue weighted by molar-refractivity contribution is 6.63. The maximum absolute atomic E-state index is 10.6. The molecular weight excluding hydrogens is 172 g/mol. The first kappa shape index (κ1) is 14.5. The Morgan fingerprint density at radius 3 is 2.08 bits per heavy atom. The fourth-order valence-electron chi connectivity index (χ4n) is 0.929. The maximum atomic E-state index is 10.6. The van der Waals surface area contributed by atoms with E-state index in [0.717, 1.165) is 25.7 Å². The molecule has 12 heavy (non-hydrogen) atoms. The molecule has 2 heteroatoms. The molecule has 0 aromatic carbocycles. The molecule has 1 unspecified atom stereocenters. The van der Waals surface area contributed by atoms with Gasteiger partial charge in [0.2, 0.25) is 5.24 Å². The Kier molecular flexibility index (Phi) is 13.2. The summed E-state index contributed by atoms with van der Waals surface area (Å²) < 4.78 is 0. The summed E-state index contributed by atoms with van der Waals surface area (Å²) in [5, 5.41) is -0.170. The first-order valence-electron chi connectivity index (χ1n) is 4.91. The van der Waals surface area contributed by atoms with Crippen LogP contribution in [0.1, 0.15) is 53.4 Å². The minimum atomic E-state index is -0.170. The molecule has 0 aliphatic rings. The molecule has 0 aliphatic heterocycles. The lowest BCUT2D eigenvalue weighted by Gasteiger charge is -2.06. The Morgan fingerprint density at radius 1 is 1.33 bits per heavy atom. The van der Waals surface area contributed by atoms with Gasteiger partial charge in [-0.15, -0.1) is 0 Å². The van der Waals surface area contributed by atoms with Gasteiger partial charge in [0.25, 0.3) is 0 Å². The summed E-state index contributed by atoms with van der Waals surface area (Å²) >= 11 is 5.34. The van der Waals surface area contributed by atoms with E-state index in [1.54, 1.807) is 0 Å². The Balaban J connectivity index is 0. The summed E-state index contributed by atoms with van der Waals surface area (Å²) in [4.78, 5) is 10.6. The molecule has 0 amide bonds. The molecule has 0 spiro atoms. The van der Waals surface area contributed by atoms with Crippen molar-refractivity contribution in [2.75, 3.05) is 0 Å². The van der Waals surface area contributed by atoms with Crippen molar-refractivity contribution < 1.29 is 4.79 Å². The fraction of sp³-hybridized carbons (Fsp3) is 0.900. The predicted molar refractivity (Wildman–Crippen MR) is 55.5 cm³/mol. The van der Waals surface area contributed by atoms with Gasteiger partial charge in [-0.3, -0.25) is 4.79 Å². The summed E-state index contributed by atoms with van der Waals surface area (Å²) in [7, 11) is 0. The van der Waals surface area contributed by atoms with Crippen molar-refractivity contribution in [3.8, 4) is 0 Å². The number of halogens is 1. The van der Waals surface area contributed by atoms with Gasteiger partial charge in [0.1, 0.15) is 0 Å². The average Bonchev–Trinajstić information content (AvgIpc) is 2.09. The van der Waals surface area contributed by atoms with Crippen LogP contribution in [0.2, 0.25) is 0 Å². The molecule has 1 nitrogen and oxygen atoms in total. The van der Waals surface area contributed by atoms with Crippen LogP contribution in [-0.4, -0.2) is 5.24 Å². The summed E-state index contributed by atoms with van der Waals surface area (Å²) in [6.07, 6.45) is 4.08. The van der Waals surface area contributed by atoms with Crippen molar-refractivity contribution in [1.29, 1.82) is 0 Å². The number of unbranched alkanes of at least 4 members (excludes halogenated alkanes) is 1. The van der Waals surface area contributed by atoms with Crippen molar-refractivity contribution in [1.82, 2.24) is 0 Å². The Labute approximate surface area is 81.5 Å². The topological polar surface area (TPSA) is 17.1 Å². The number of hydrogen-bond donors (Lipinski definition) is 0. The second kappa shape index (κ2) is 11.0. The lowest BCUT2D eigenvalue weighted by Crippen LogP contribution is -2.06. The van der Waals surface area contributed by atoms with Crippen molar-refractivity contribution in [2.24, 2.45) is 5.92 Å². The van der Waals surface area contributed by atoms with Gasteiger partial charge in [0, 0.05) is 5.92 Å². The predicted octanol–water partition coefficient (Wildman–Crippen LogP) is 3.99. The van der Waals surface area contributed by atoms with Gasteiger partial charge in [-0.25, -0.2) is 0 Å². The van der Waals surface area contributed by atoms with E-state index >= 15 is 0 Å². The third-order valence-corrected chi connectivity index (χ3v) is 2.03. The quantitative estimate of drug-likeness (QED) is 0.602. The molecule has 0 saturated heterocycles. The second-order valence-corrected chi connectivity index (χ2v) is 2.92. The van der Waals surface area contributed by atoms with Crippen LogP contribution in [0.5, 0.6) is 0 Å². The SMILES string of the molecule is CC.CCCCC(CC)C(=O)Cl. The lowest BCUT2D eigenvalue weighted by atomic mass is 10.0. The minimum Gasteiger partial charge on any atom is -0.281 e. The van der Waals surface area contributed by atoms with Crippen molar-refractivity contribution in [2.45, 2.75) is 53.4 Å². The van der Waals surface area contributed by atoms with Crippen LogP contribution in [0.3, 0.4) is 0 Å². The number of hydrogen-bond acceptors (Lipinski definition) is 1. The molecule has 1 atom stereocenters. The number of carbonyl (C=O) groups is 1. The van der Waals surface area contributed by atoms with Gasteiger partial charge in [-0.05, 0) is 24.4 Å². The molecule has 0 aliphatic carbocycles. The number of carbonyl (C=O) groups excluding carboxylic acids is 1. The van der Waals surface area contributed by atoms with Gasteiger partial charge in [0.15, 0.2) is 0 Å². The minimum absolute atomic E-state index is 0.0987. The molecule has 0 radical (unpaired) electrons. The summed E-state index contributed by atoms with van der Waals surface area (Å²) in [5.41, 5.74) is 0. The Morgan fingerprint density at radius 2 is 1.83 bits per heavy atom. The van der Waals surface area contributed by atoms with Crippen LogP contribution in [0.25, 0.3) is 0 Å². The smallest absolute Gasteiger partial charge is 0.224 e. The van der Waals surface area contributed by atoms with E-state index in [-0.39, 0.29) is 11.2 Å². The fourth-order valence-corrected chi connectivity index (χ4v) is 1.19. The third-order valence-electron chi connectivity index (χ3n) is 1.72. The first-order chi connectivity index (χ1) is 5.72. The normalized spacial score (nSPS) is 11.4. The summed E-state index contributed by atoms with van der Waals surface area (Å²) in [6, 6.07) is 0. The molecule has 0 aromatic rings. The molecule has 0 N–H and O–H groups in total. The summed E-state index contributed by atoms with van der Waals surface area (Å²) in [5.74, 6) is 0.0987. The van der Waals surface area contributed by atoms with E-state index in [0.29, 0.717) is 0 Å². The van der Waals surface area contributed by atoms with Gasteiger partial charge in [-0.1, -0.05) is 40.5 Å². The zero-order chi connectivity index (χ0) is 9.98. The zero-order valence-corrected chi connectivity index (χ0v) is 9.45. The molecular formula is C10H21ClO. The molecule has 0 bridgehead atoms.